The summed E-state index contributed by atoms with van der Waals surface area (Å²) < 4.78 is 5.04. The molecule has 2 heterocycles. The molecule has 15 heavy (non-hydrogen) atoms. The van der Waals surface area contributed by atoms with Crippen LogP contribution in [-0.4, -0.2) is 17.0 Å². The highest BCUT2D eigenvalue weighted by molar-refractivity contribution is 5.13. The molecule has 0 aliphatic heterocycles. The van der Waals surface area contributed by atoms with Gasteiger partial charge in [-0.25, -0.2) is 9.97 Å². The third-order valence-electron chi connectivity index (χ3n) is 2.33. The van der Waals surface area contributed by atoms with Gasteiger partial charge in [-0.15, -0.1) is 0 Å². The number of nitrogens with one attached hydrogen (secondary N) is 1. The van der Waals surface area contributed by atoms with Crippen LogP contribution in [0.5, 0.6) is 0 Å². The van der Waals surface area contributed by atoms with Gasteiger partial charge in [0.05, 0.1) is 24.3 Å². The summed E-state index contributed by atoms with van der Waals surface area (Å²) in [4.78, 5) is 8.13. The van der Waals surface area contributed by atoms with E-state index in [2.05, 4.69) is 15.3 Å². The van der Waals surface area contributed by atoms with Crippen LogP contribution >= 0.6 is 0 Å². The molecule has 0 fully saturated rings. The third kappa shape index (κ3) is 2.41. The van der Waals surface area contributed by atoms with E-state index < -0.39 is 0 Å². The number of likely N-dealkylation sites (N-methyl/N-ethyl adjacent to an activating group) is 1. The van der Waals surface area contributed by atoms with Crippen LogP contribution < -0.4 is 5.32 Å². The summed E-state index contributed by atoms with van der Waals surface area (Å²) in [7, 11) is 1.92. The van der Waals surface area contributed by atoms with E-state index in [4.69, 9.17) is 4.42 Å². The standard InChI is InChI=1S/C11H13N3O/c1-12-11(6-9-3-5-15-7-9)10-2-4-13-8-14-10/h2-5,7-8,11-12H,6H2,1H3. The number of nitrogens with zero attached hydrogens (tertiary/aromatic N) is 2. The molecule has 2 rings (SSSR count). The van der Waals surface area contributed by atoms with Gasteiger partial charge in [0.15, 0.2) is 0 Å². The zero-order chi connectivity index (χ0) is 10.5. The van der Waals surface area contributed by atoms with Crippen molar-refractivity contribution in [1.82, 2.24) is 15.3 Å². The van der Waals surface area contributed by atoms with Crippen molar-refractivity contribution in [2.45, 2.75) is 12.5 Å². The molecule has 0 saturated heterocycles. The van der Waals surface area contributed by atoms with Gasteiger partial charge in [0.1, 0.15) is 6.33 Å². The molecule has 1 N–H and O–H groups in total. The summed E-state index contributed by atoms with van der Waals surface area (Å²) in [6.07, 6.45) is 7.62. The first kappa shape index (κ1) is 9.86. The number of rotatable bonds is 4. The Balaban J connectivity index is 2.12. The van der Waals surface area contributed by atoms with Crippen LogP contribution in [0.3, 0.4) is 0 Å². The fraction of sp³-hybridized carbons (Fsp3) is 0.273. The molecular formula is C11H13N3O. The SMILES string of the molecule is CNC(Cc1ccoc1)c1ccncn1. The number of aromatic nitrogens is 2. The van der Waals surface area contributed by atoms with Gasteiger partial charge in [0.25, 0.3) is 0 Å². The Kier molecular flexibility index (Phi) is 3.09. The lowest BCUT2D eigenvalue weighted by Crippen LogP contribution is -2.19. The van der Waals surface area contributed by atoms with E-state index in [1.54, 1.807) is 25.1 Å². The summed E-state index contributed by atoms with van der Waals surface area (Å²) in [6, 6.07) is 4.08. The fourth-order valence-corrected chi connectivity index (χ4v) is 1.51. The number of hydrogen-bond donors (Lipinski definition) is 1. The largest absolute Gasteiger partial charge is 0.472 e. The smallest absolute Gasteiger partial charge is 0.115 e. The highest BCUT2D eigenvalue weighted by Crippen LogP contribution is 2.15. The quantitative estimate of drug-likeness (QED) is 0.819. The molecule has 2 aromatic heterocycles. The maximum Gasteiger partial charge on any atom is 0.115 e. The van der Waals surface area contributed by atoms with Crippen LogP contribution in [0, 0.1) is 0 Å². The maximum atomic E-state index is 5.04. The lowest BCUT2D eigenvalue weighted by molar-refractivity contribution is 0.546. The van der Waals surface area contributed by atoms with Crippen molar-refractivity contribution < 1.29 is 4.42 Å². The van der Waals surface area contributed by atoms with Crippen molar-refractivity contribution in [2.75, 3.05) is 7.05 Å². The molecule has 0 radical (unpaired) electrons. The summed E-state index contributed by atoms with van der Waals surface area (Å²) in [5.74, 6) is 0. The van der Waals surface area contributed by atoms with Crippen LogP contribution in [0.1, 0.15) is 17.3 Å². The monoisotopic (exact) mass is 203 g/mol. The predicted octanol–water partition coefficient (Wildman–Crippen LogP) is 1.57. The van der Waals surface area contributed by atoms with Crippen molar-refractivity contribution >= 4 is 0 Å². The number of hydrogen-bond acceptors (Lipinski definition) is 4. The molecule has 0 bridgehead atoms. The molecule has 78 valence electrons. The van der Waals surface area contributed by atoms with Crippen LogP contribution in [0.25, 0.3) is 0 Å². The molecule has 0 aromatic carbocycles. The third-order valence-corrected chi connectivity index (χ3v) is 2.33. The van der Waals surface area contributed by atoms with E-state index in [9.17, 15) is 0 Å². The van der Waals surface area contributed by atoms with E-state index in [1.807, 2.05) is 19.2 Å². The van der Waals surface area contributed by atoms with E-state index in [0.29, 0.717) is 0 Å². The van der Waals surface area contributed by atoms with Crippen LogP contribution in [0.15, 0.2) is 41.6 Å². The zero-order valence-electron chi connectivity index (χ0n) is 8.55. The second kappa shape index (κ2) is 4.70. The normalized spacial score (nSPS) is 12.6. The molecule has 0 aliphatic carbocycles. The van der Waals surface area contributed by atoms with Gasteiger partial charge in [-0.2, -0.15) is 0 Å². The van der Waals surface area contributed by atoms with Crippen molar-refractivity contribution in [1.29, 1.82) is 0 Å². The van der Waals surface area contributed by atoms with E-state index in [-0.39, 0.29) is 6.04 Å². The lowest BCUT2D eigenvalue weighted by Gasteiger charge is -2.13. The molecule has 0 amide bonds. The van der Waals surface area contributed by atoms with Crippen LogP contribution in [0.4, 0.5) is 0 Å². The van der Waals surface area contributed by atoms with Gasteiger partial charge in [0, 0.05) is 6.20 Å². The van der Waals surface area contributed by atoms with Gasteiger partial charge in [-0.05, 0) is 31.2 Å². The van der Waals surface area contributed by atoms with E-state index >= 15 is 0 Å². The molecular weight excluding hydrogens is 190 g/mol. The Morgan fingerprint density at radius 3 is 3.00 bits per heavy atom. The summed E-state index contributed by atoms with van der Waals surface area (Å²) in [5, 5.41) is 3.22. The molecule has 4 heteroatoms. The first-order valence-electron chi connectivity index (χ1n) is 4.84. The van der Waals surface area contributed by atoms with Gasteiger partial charge >= 0.3 is 0 Å². The molecule has 1 unspecified atom stereocenters. The average Bonchev–Trinajstić information content (AvgIpc) is 2.80. The maximum absolute atomic E-state index is 5.04. The molecule has 2 aromatic rings. The summed E-state index contributed by atoms with van der Waals surface area (Å²) in [5.41, 5.74) is 2.15. The minimum Gasteiger partial charge on any atom is -0.472 e. The lowest BCUT2D eigenvalue weighted by atomic mass is 10.1. The fourth-order valence-electron chi connectivity index (χ4n) is 1.51. The van der Waals surface area contributed by atoms with Gasteiger partial charge in [-0.3, -0.25) is 0 Å². The minimum absolute atomic E-state index is 0.200. The first-order chi connectivity index (χ1) is 7.40. The predicted molar refractivity (Wildman–Crippen MR) is 56.2 cm³/mol. The van der Waals surface area contributed by atoms with Crippen molar-refractivity contribution in [3.8, 4) is 0 Å². The topological polar surface area (TPSA) is 51.0 Å². The highest BCUT2D eigenvalue weighted by atomic mass is 16.3. The molecule has 0 aliphatic rings. The van der Waals surface area contributed by atoms with Crippen LogP contribution in [-0.2, 0) is 6.42 Å². The molecule has 1 atom stereocenters. The summed E-state index contributed by atoms with van der Waals surface area (Å²) >= 11 is 0. The van der Waals surface area contributed by atoms with Gasteiger partial charge in [0.2, 0.25) is 0 Å². The second-order valence-electron chi connectivity index (χ2n) is 3.31. The van der Waals surface area contributed by atoms with E-state index in [0.717, 1.165) is 17.7 Å². The molecule has 0 saturated carbocycles. The van der Waals surface area contributed by atoms with Crippen molar-refractivity contribution in [2.24, 2.45) is 0 Å². The molecule has 0 spiro atoms. The van der Waals surface area contributed by atoms with E-state index in [1.165, 1.54) is 0 Å². The first-order valence-corrected chi connectivity index (χ1v) is 4.84. The Labute approximate surface area is 88.4 Å². The molecule has 4 nitrogen and oxygen atoms in total. The van der Waals surface area contributed by atoms with Crippen molar-refractivity contribution in [3.05, 3.63) is 48.4 Å². The average molecular weight is 203 g/mol. The Morgan fingerprint density at radius 1 is 1.47 bits per heavy atom. The minimum atomic E-state index is 0.200. The Bertz CT molecular complexity index is 385. The van der Waals surface area contributed by atoms with Crippen LogP contribution in [0.2, 0.25) is 0 Å². The Morgan fingerprint density at radius 2 is 2.40 bits per heavy atom. The van der Waals surface area contributed by atoms with Gasteiger partial charge in [-0.1, -0.05) is 0 Å². The summed E-state index contributed by atoms with van der Waals surface area (Å²) in [6.45, 7) is 0. The van der Waals surface area contributed by atoms with Gasteiger partial charge < -0.3 is 9.73 Å². The zero-order valence-corrected chi connectivity index (χ0v) is 8.55. The number of furan rings is 1. The second-order valence-corrected chi connectivity index (χ2v) is 3.31. The Hall–Kier alpha value is -1.68. The van der Waals surface area contributed by atoms with Crippen molar-refractivity contribution in [3.63, 3.8) is 0 Å². The highest BCUT2D eigenvalue weighted by Gasteiger charge is 2.11.